The number of carboxylic acid groups (broad SMARTS) is 1. The van der Waals surface area contributed by atoms with Crippen LogP contribution in [0.25, 0.3) is 0 Å². The molecule has 1 aromatic rings. The number of carbonyl (C=O) groups is 3. The molecule has 3 rings (SSSR count). The zero-order valence-corrected chi connectivity index (χ0v) is 16.5. The third kappa shape index (κ3) is 3.52. The van der Waals surface area contributed by atoms with Gasteiger partial charge in [0.1, 0.15) is 6.04 Å². The van der Waals surface area contributed by atoms with Crippen LogP contribution in [0.4, 0.5) is 0 Å². The second kappa shape index (κ2) is 6.90. The first-order valence-electron chi connectivity index (χ1n) is 9.23. The molecule has 1 atom stereocenters. The van der Waals surface area contributed by atoms with Crippen molar-refractivity contribution >= 4 is 30.4 Å². The van der Waals surface area contributed by atoms with Crippen LogP contribution in [0, 0.1) is 0 Å². The van der Waals surface area contributed by atoms with E-state index in [0.29, 0.717) is 5.56 Å². The number of carbonyl (C=O) groups excluding carboxylic acids is 2. The maximum absolute atomic E-state index is 12.7. The smallest absolute Gasteiger partial charge is 0.481 e. The second-order valence-electron chi connectivity index (χ2n) is 8.29. The molecular formula is C19H25BN2O6. The van der Waals surface area contributed by atoms with Gasteiger partial charge in [0.15, 0.2) is 0 Å². The molecule has 2 aliphatic rings. The van der Waals surface area contributed by atoms with E-state index in [9.17, 15) is 14.4 Å². The third-order valence-corrected chi connectivity index (χ3v) is 5.82. The first kappa shape index (κ1) is 20.4. The van der Waals surface area contributed by atoms with E-state index in [2.05, 4.69) is 0 Å². The lowest BCUT2D eigenvalue weighted by atomic mass is 9.78. The molecule has 150 valence electrons. The van der Waals surface area contributed by atoms with Crippen LogP contribution in [0.3, 0.4) is 0 Å². The Kier molecular flexibility index (Phi) is 5.01. The Morgan fingerprint density at radius 2 is 1.86 bits per heavy atom. The Morgan fingerprint density at radius 3 is 2.39 bits per heavy atom. The van der Waals surface area contributed by atoms with Crippen LogP contribution >= 0.6 is 0 Å². The SMILES string of the molecule is CC1(C)OB(c2ccc3c(c2)CN([C@H](CCC(=O)O)C(N)=O)C3=O)OC1(C)C. The van der Waals surface area contributed by atoms with Crippen molar-refractivity contribution in [3.8, 4) is 0 Å². The number of amides is 2. The fourth-order valence-corrected chi connectivity index (χ4v) is 3.45. The fraction of sp³-hybridized carbons (Fsp3) is 0.526. The summed E-state index contributed by atoms with van der Waals surface area (Å²) >= 11 is 0. The van der Waals surface area contributed by atoms with Gasteiger partial charge in [0.05, 0.1) is 11.2 Å². The number of rotatable bonds is 6. The predicted molar refractivity (Wildman–Crippen MR) is 102 cm³/mol. The van der Waals surface area contributed by atoms with Gasteiger partial charge >= 0.3 is 13.1 Å². The Labute approximate surface area is 164 Å². The van der Waals surface area contributed by atoms with Gasteiger partial charge in [-0.2, -0.15) is 0 Å². The van der Waals surface area contributed by atoms with E-state index in [1.807, 2.05) is 33.8 Å². The summed E-state index contributed by atoms with van der Waals surface area (Å²) in [5.74, 6) is -2.09. The fourth-order valence-electron chi connectivity index (χ4n) is 3.45. The van der Waals surface area contributed by atoms with Gasteiger partial charge in [0, 0.05) is 18.5 Å². The topological polar surface area (TPSA) is 119 Å². The van der Waals surface area contributed by atoms with Crippen molar-refractivity contribution < 1.29 is 28.8 Å². The average Bonchev–Trinajstić information content (AvgIpc) is 3.00. The quantitative estimate of drug-likeness (QED) is 0.691. The number of nitrogens with zero attached hydrogens (tertiary/aromatic N) is 1. The highest BCUT2D eigenvalue weighted by atomic mass is 16.7. The number of aliphatic carboxylic acids is 1. The summed E-state index contributed by atoms with van der Waals surface area (Å²) in [4.78, 5) is 36.7. The van der Waals surface area contributed by atoms with E-state index >= 15 is 0 Å². The number of fused-ring (bicyclic) bond motifs is 1. The summed E-state index contributed by atoms with van der Waals surface area (Å²) in [6.07, 6.45) is -0.263. The molecule has 28 heavy (non-hydrogen) atoms. The Balaban J connectivity index is 1.83. The molecule has 2 heterocycles. The average molecular weight is 388 g/mol. The number of carboxylic acids is 1. The van der Waals surface area contributed by atoms with Gasteiger partial charge in [-0.1, -0.05) is 12.1 Å². The molecule has 0 bridgehead atoms. The van der Waals surface area contributed by atoms with Crippen LogP contribution < -0.4 is 11.2 Å². The maximum Gasteiger partial charge on any atom is 0.494 e. The lowest BCUT2D eigenvalue weighted by Crippen LogP contribution is -2.45. The first-order chi connectivity index (χ1) is 12.9. The normalized spacial score (nSPS) is 20.9. The highest BCUT2D eigenvalue weighted by molar-refractivity contribution is 6.62. The Morgan fingerprint density at radius 1 is 1.25 bits per heavy atom. The predicted octanol–water partition coefficient (Wildman–Crippen LogP) is 0.660. The van der Waals surface area contributed by atoms with E-state index in [-0.39, 0.29) is 25.3 Å². The molecule has 9 heteroatoms. The van der Waals surface area contributed by atoms with Crippen molar-refractivity contribution in [3.05, 3.63) is 29.3 Å². The lowest BCUT2D eigenvalue weighted by Gasteiger charge is -2.32. The van der Waals surface area contributed by atoms with E-state index in [1.54, 1.807) is 12.1 Å². The number of hydrogen-bond acceptors (Lipinski definition) is 5. The molecule has 2 amide bonds. The maximum atomic E-state index is 12.7. The van der Waals surface area contributed by atoms with Crippen molar-refractivity contribution in [2.24, 2.45) is 5.73 Å². The van der Waals surface area contributed by atoms with Crippen molar-refractivity contribution in [2.75, 3.05) is 0 Å². The van der Waals surface area contributed by atoms with Crippen molar-refractivity contribution in [1.29, 1.82) is 0 Å². The minimum atomic E-state index is -1.04. The lowest BCUT2D eigenvalue weighted by molar-refractivity contribution is -0.137. The molecule has 2 aliphatic heterocycles. The Bertz CT molecular complexity index is 822. The van der Waals surface area contributed by atoms with Crippen molar-refractivity contribution in [2.45, 2.75) is 64.3 Å². The zero-order valence-electron chi connectivity index (χ0n) is 16.5. The summed E-state index contributed by atoms with van der Waals surface area (Å²) < 4.78 is 12.1. The summed E-state index contributed by atoms with van der Waals surface area (Å²) in [7, 11) is -0.557. The van der Waals surface area contributed by atoms with Gasteiger partial charge in [0.25, 0.3) is 5.91 Å². The van der Waals surface area contributed by atoms with Crippen LogP contribution in [0.1, 0.15) is 56.5 Å². The second-order valence-corrected chi connectivity index (χ2v) is 8.29. The molecule has 8 nitrogen and oxygen atoms in total. The molecule has 1 saturated heterocycles. The van der Waals surface area contributed by atoms with E-state index in [1.165, 1.54) is 4.90 Å². The van der Waals surface area contributed by atoms with Crippen LogP contribution in [-0.4, -0.2) is 52.2 Å². The van der Waals surface area contributed by atoms with Crippen LogP contribution in [-0.2, 0) is 25.4 Å². The first-order valence-corrected chi connectivity index (χ1v) is 9.23. The molecular weight excluding hydrogens is 363 g/mol. The molecule has 0 radical (unpaired) electrons. The summed E-state index contributed by atoms with van der Waals surface area (Å²) in [5.41, 5.74) is 6.46. The monoisotopic (exact) mass is 388 g/mol. The summed E-state index contributed by atoms with van der Waals surface area (Å²) in [5, 5.41) is 8.89. The molecule has 0 aliphatic carbocycles. The standard InChI is InChI=1S/C19H25BN2O6/c1-18(2)19(3,4)28-20(27-18)12-5-6-13-11(9-12)10-22(17(13)26)14(16(21)25)7-8-15(23)24/h5-6,9,14H,7-8,10H2,1-4H3,(H2,21,25)(H,23,24)/t14-/m1/s1. The molecule has 1 fully saturated rings. The zero-order chi connectivity index (χ0) is 20.9. The summed E-state index contributed by atoms with van der Waals surface area (Å²) in [6.45, 7) is 8.04. The number of nitrogens with two attached hydrogens (primary N) is 1. The van der Waals surface area contributed by atoms with Crippen LogP contribution in [0.15, 0.2) is 18.2 Å². The molecule has 3 N–H and O–H groups in total. The largest absolute Gasteiger partial charge is 0.494 e. The molecule has 0 spiro atoms. The van der Waals surface area contributed by atoms with Crippen molar-refractivity contribution in [1.82, 2.24) is 4.90 Å². The van der Waals surface area contributed by atoms with E-state index in [0.717, 1.165) is 11.0 Å². The van der Waals surface area contributed by atoms with E-state index in [4.69, 9.17) is 20.1 Å². The number of primary amides is 1. The third-order valence-electron chi connectivity index (χ3n) is 5.82. The van der Waals surface area contributed by atoms with Gasteiger partial charge < -0.3 is 25.0 Å². The number of hydrogen-bond donors (Lipinski definition) is 2. The van der Waals surface area contributed by atoms with Crippen molar-refractivity contribution in [3.63, 3.8) is 0 Å². The van der Waals surface area contributed by atoms with Crippen LogP contribution in [0.5, 0.6) is 0 Å². The number of benzene rings is 1. The van der Waals surface area contributed by atoms with Gasteiger partial charge in [-0.25, -0.2) is 0 Å². The van der Waals surface area contributed by atoms with Crippen LogP contribution in [0.2, 0.25) is 0 Å². The molecule has 0 saturated carbocycles. The highest BCUT2D eigenvalue weighted by Crippen LogP contribution is 2.37. The minimum Gasteiger partial charge on any atom is -0.481 e. The highest BCUT2D eigenvalue weighted by Gasteiger charge is 2.52. The summed E-state index contributed by atoms with van der Waals surface area (Å²) in [6, 6.07) is 4.34. The molecule has 1 aromatic carbocycles. The van der Waals surface area contributed by atoms with Gasteiger partial charge in [-0.15, -0.1) is 0 Å². The Hall–Kier alpha value is -2.39. The van der Waals surface area contributed by atoms with Gasteiger partial charge in [0.2, 0.25) is 5.91 Å². The molecule has 0 aromatic heterocycles. The molecule has 0 unspecified atom stereocenters. The minimum absolute atomic E-state index is 0.0194. The van der Waals surface area contributed by atoms with Gasteiger partial charge in [-0.05, 0) is 51.2 Å². The van der Waals surface area contributed by atoms with E-state index < -0.39 is 36.2 Å². The van der Waals surface area contributed by atoms with Gasteiger partial charge in [-0.3, -0.25) is 14.4 Å².